The zero-order valence-corrected chi connectivity index (χ0v) is 12.3. The normalized spacial score (nSPS) is 11.9. The predicted octanol–water partition coefficient (Wildman–Crippen LogP) is 2.60. The van der Waals surface area contributed by atoms with Gasteiger partial charge in [-0.3, -0.25) is 5.32 Å². The smallest absolute Gasteiger partial charge is 0.320 e. The summed E-state index contributed by atoms with van der Waals surface area (Å²) in [5, 5.41) is 14.9. The van der Waals surface area contributed by atoms with Crippen molar-refractivity contribution in [3.63, 3.8) is 0 Å². The van der Waals surface area contributed by atoms with Gasteiger partial charge in [0.15, 0.2) is 0 Å². The van der Waals surface area contributed by atoms with Crippen LogP contribution >= 0.6 is 15.9 Å². The van der Waals surface area contributed by atoms with Crippen molar-refractivity contribution < 1.29 is 14.3 Å². The average Bonchev–Trinajstić information content (AvgIpc) is 2.94. The molecule has 0 spiro atoms. The number of hydrogen-bond acceptors (Lipinski definition) is 4. The van der Waals surface area contributed by atoms with Gasteiger partial charge in [0.1, 0.15) is 17.7 Å². The Balaban J connectivity index is 1.85. The highest BCUT2D eigenvalue weighted by molar-refractivity contribution is 9.10. The standard InChI is InChI=1S/C13H14BrN3O3/c1-8-9(14)4-5-12(16-8)17-13(19)15-7-10(18)11-3-2-6-20-11/h2-6,10,18H,7H2,1H3,(H2,15,16,17,19)/t10-/m0/s1. The Morgan fingerprint density at radius 3 is 2.95 bits per heavy atom. The van der Waals surface area contributed by atoms with Crippen LogP contribution in [0.1, 0.15) is 17.6 Å². The van der Waals surface area contributed by atoms with Crippen LogP contribution in [0.4, 0.5) is 10.6 Å². The molecule has 0 radical (unpaired) electrons. The molecule has 0 saturated carbocycles. The Bertz CT molecular complexity index is 587. The molecule has 7 heteroatoms. The lowest BCUT2D eigenvalue weighted by Crippen LogP contribution is -2.32. The molecule has 0 aliphatic carbocycles. The number of nitrogens with zero attached hydrogens (tertiary/aromatic N) is 1. The van der Waals surface area contributed by atoms with Crippen molar-refractivity contribution in [1.29, 1.82) is 0 Å². The molecule has 6 nitrogen and oxygen atoms in total. The number of aliphatic hydroxyl groups excluding tert-OH is 1. The fourth-order valence-electron chi connectivity index (χ4n) is 1.55. The molecular formula is C13H14BrN3O3. The van der Waals surface area contributed by atoms with Crippen molar-refractivity contribution in [2.45, 2.75) is 13.0 Å². The number of rotatable bonds is 4. The van der Waals surface area contributed by atoms with Gasteiger partial charge in [0.2, 0.25) is 0 Å². The molecule has 2 rings (SSSR count). The highest BCUT2D eigenvalue weighted by atomic mass is 79.9. The number of halogens is 1. The Labute approximate surface area is 124 Å². The largest absolute Gasteiger partial charge is 0.467 e. The third-order valence-electron chi connectivity index (χ3n) is 2.59. The van der Waals surface area contributed by atoms with Gasteiger partial charge in [-0.15, -0.1) is 0 Å². The van der Waals surface area contributed by atoms with Crippen molar-refractivity contribution in [1.82, 2.24) is 10.3 Å². The van der Waals surface area contributed by atoms with Gasteiger partial charge in [0.05, 0.1) is 18.5 Å². The maximum atomic E-state index is 11.7. The number of anilines is 1. The van der Waals surface area contributed by atoms with Crippen molar-refractivity contribution >= 4 is 27.8 Å². The number of urea groups is 1. The van der Waals surface area contributed by atoms with E-state index in [0.29, 0.717) is 11.6 Å². The molecule has 2 aromatic rings. The summed E-state index contributed by atoms with van der Waals surface area (Å²) in [4.78, 5) is 15.9. The first kappa shape index (κ1) is 14.5. The number of amides is 2. The second kappa shape index (κ2) is 6.53. The molecule has 0 fully saturated rings. The van der Waals surface area contributed by atoms with Crippen molar-refractivity contribution in [2.24, 2.45) is 0 Å². The monoisotopic (exact) mass is 339 g/mol. The highest BCUT2D eigenvalue weighted by Gasteiger charge is 2.12. The molecule has 0 bridgehead atoms. The van der Waals surface area contributed by atoms with Gasteiger partial charge in [0.25, 0.3) is 0 Å². The van der Waals surface area contributed by atoms with Gasteiger partial charge in [-0.05, 0) is 47.1 Å². The summed E-state index contributed by atoms with van der Waals surface area (Å²) < 4.78 is 5.91. The molecule has 0 aliphatic rings. The minimum atomic E-state index is -0.879. The molecule has 2 amide bonds. The number of aliphatic hydroxyl groups is 1. The van der Waals surface area contributed by atoms with Gasteiger partial charge in [-0.25, -0.2) is 9.78 Å². The molecule has 2 aromatic heterocycles. The fraction of sp³-hybridized carbons (Fsp3) is 0.231. The second-order valence-electron chi connectivity index (χ2n) is 4.13. The number of pyridine rings is 1. The second-order valence-corrected chi connectivity index (χ2v) is 4.98. The van der Waals surface area contributed by atoms with E-state index < -0.39 is 12.1 Å². The molecule has 2 heterocycles. The Morgan fingerprint density at radius 1 is 1.50 bits per heavy atom. The Hall–Kier alpha value is -1.86. The topological polar surface area (TPSA) is 87.4 Å². The lowest BCUT2D eigenvalue weighted by Gasteiger charge is -2.10. The zero-order valence-electron chi connectivity index (χ0n) is 10.8. The van der Waals surface area contributed by atoms with Crippen LogP contribution in [0.2, 0.25) is 0 Å². The van der Waals surface area contributed by atoms with Crippen molar-refractivity contribution in [3.8, 4) is 0 Å². The number of carbonyl (C=O) groups is 1. The molecule has 0 saturated heterocycles. The first-order valence-electron chi connectivity index (χ1n) is 5.95. The summed E-state index contributed by atoms with van der Waals surface area (Å²) in [5.74, 6) is 0.846. The molecule has 0 unspecified atom stereocenters. The van der Waals surface area contributed by atoms with Crippen LogP contribution in [0.3, 0.4) is 0 Å². The summed E-state index contributed by atoms with van der Waals surface area (Å²) in [6.45, 7) is 1.88. The van der Waals surface area contributed by atoms with E-state index in [1.807, 2.05) is 6.92 Å². The number of aryl methyl sites for hydroxylation is 1. The van der Waals surface area contributed by atoms with E-state index in [0.717, 1.165) is 10.2 Å². The first-order chi connectivity index (χ1) is 9.56. The third-order valence-corrected chi connectivity index (χ3v) is 3.43. The number of aromatic nitrogens is 1. The van der Waals surface area contributed by atoms with Gasteiger partial charge in [-0.1, -0.05) is 0 Å². The number of furan rings is 1. The van der Waals surface area contributed by atoms with E-state index in [-0.39, 0.29) is 6.54 Å². The van der Waals surface area contributed by atoms with E-state index >= 15 is 0 Å². The molecular weight excluding hydrogens is 326 g/mol. The SMILES string of the molecule is Cc1nc(NC(=O)NC[C@H](O)c2ccco2)ccc1Br. The van der Waals surface area contributed by atoms with Gasteiger partial charge < -0.3 is 14.8 Å². The quantitative estimate of drug-likeness (QED) is 0.798. The maximum absolute atomic E-state index is 11.7. The molecule has 20 heavy (non-hydrogen) atoms. The molecule has 0 aromatic carbocycles. The number of carbonyl (C=O) groups excluding carboxylic acids is 1. The van der Waals surface area contributed by atoms with Crippen LogP contribution in [0.15, 0.2) is 39.4 Å². The fourth-order valence-corrected chi connectivity index (χ4v) is 1.77. The summed E-state index contributed by atoms with van der Waals surface area (Å²) in [6, 6.07) is 6.36. The molecule has 0 aliphatic heterocycles. The summed E-state index contributed by atoms with van der Waals surface area (Å²) in [5.41, 5.74) is 0.776. The Kier molecular flexibility index (Phi) is 4.75. The van der Waals surface area contributed by atoms with Crippen LogP contribution in [0.25, 0.3) is 0 Å². The Morgan fingerprint density at radius 2 is 2.30 bits per heavy atom. The van der Waals surface area contributed by atoms with E-state index in [9.17, 15) is 9.90 Å². The summed E-state index contributed by atoms with van der Waals surface area (Å²) >= 11 is 3.33. The highest BCUT2D eigenvalue weighted by Crippen LogP contribution is 2.16. The van der Waals surface area contributed by atoms with E-state index in [1.54, 1.807) is 24.3 Å². The van der Waals surface area contributed by atoms with E-state index in [2.05, 4.69) is 31.5 Å². The van der Waals surface area contributed by atoms with Gasteiger partial charge >= 0.3 is 6.03 Å². The van der Waals surface area contributed by atoms with Gasteiger partial charge in [0, 0.05) is 4.47 Å². The van der Waals surface area contributed by atoms with E-state index in [1.165, 1.54) is 6.26 Å². The lowest BCUT2D eigenvalue weighted by molar-refractivity contribution is 0.149. The lowest BCUT2D eigenvalue weighted by atomic mass is 10.3. The number of hydrogen-bond donors (Lipinski definition) is 3. The average molecular weight is 340 g/mol. The van der Waals surface area contributed by atoms with Gasteiger partial charge in [-0.2, -0.15) is 0 Å². The first-order valence-corrected chi connectivity index (χ1v) is 6.75. The molecule has 1 atom stereocenters. The van der Waals surface area contributed by atoms with Crippen molar-refractivity contribution in [3.05, 3.63) is 46.5 Å². The van der Waals surface area contributed by atoms with Crippen LogP contribution < -0.4 is 10.6 Å². The maximum Gasteiger partial charge on any atom is 0.320 e. The predicted molar refractivity (Wildman–Crippen MR) is 77.4 cm³/mol. The number of nitrogens with one attached hydrogen (secondary N) is 2. The summed E-state index contributed by atoms with van der Waals surface area (Å²) in [6.07, 6.45) is 0.586. The van der Waals surface area contributed by atoms with Crippen LogP contribution in [-0.4, -0.2) is 22.7 Å². The minimum Gasteiger partial charge on any atom is -0.467 e. The zero-order chi connectivity index (χ0) is 14.5. The minimum absolute atomic E-state index is 0.0505. The van der Waals surface area contributed by atoms with Crippen LogP contribution in [0.5, 0.6) is 0 Å². The van der Waals surface area contributed by atoms with E-state index in [4.69, 9.17) is 4.42 Å². The molecule has 106 valence electrons. The third kappa shape index (κ3) is 3.82. The summed E-state index contributed by atoms with van der Waals surface area (Å²) in [7, 11) is 0. The van der Waals surface area contributed by atoms with Crippen LogP contribution in [0, 0.1) is 6.92 Å². The van der Waals surface area contributed by atoms with Crippen LogP contribution in [-0.2, 0) is 0 Å². The molecule has 3 N–H and O–H groups in total. The van der Waals surface area contributed by atoms with Crippen molar-refractivity contribution in [2.75, 3.05) is 11.9 Å².